The molecule has 0 aromatic heterocycles. The van der Waals surface area contributed by atoms with Gasteiger partial charge in [0.2, 0.25) is 0 Å². The minimum absolute atomic E-state index is 0.0895. The van der Waals surface area contributed by atoms with Gasteiger partial charge in [0.15, 0.2) is 0 Å². The van der Waals surface area contributed by atoms with E-state index in [9.17, 15) is 14.7 Å². The molecule has 1 aliphatic rings. The van der Waals surface area contributed by atoms with Crippen LogP contribution in [-0.4, -0.2) is 67.0 Å². The van der Waals surface area contributed by atoms with Crippen molar-refractivity contribution in [1.29, 1.82) is 0 Å². The lowest BCUT2D eigenvalue weighted by molar-refractivity contribution is -0.139. The van der Waals surface area contributed by atoms with Crippen molar-refractivity contribution in [3.8, 4) is 11.5 Å². The number of hydrogen-bond donors (Lipinski definition) is 1. The molecule has 7 nitrogen and oxygen atoms in total. The Bertz CT molecular complexity index is 1030. The molecule has 1 saturated heterocycles. The first-order valence-corrected chi connectivity index (χ1v) is 11.8. The van der Waals surface area contributed by atoms with Crippen LogP contribution in [-0.2, 0) is 9.59 Å². The fourth-order valence-electron chi connectivity index (χ4n) is 4.04. The molecule has 0 radical (unpaired) electrons. The van der Waals surface area contributed by atoms with Gasteiger partial charge in [-0.25, -0.2) is 0 Å². The average Bonchev–Trinajstić information content (AvgIpc) is 3.08. The maximum absolute atomic E-state index is 13.2. The van der Waals surface area contributed by atoms with Crippen molar-refractivity contribution >= 4 is 17.4 Å². The van der Waals surface area contributed by atoms with Gasteiger partial charge in [-0.15, -0.1) is 0 Å². The molecule has 0 aliphatic carbocycles. The van der Waals surface area contributed by atoms with E-state index in [0.29, 0.717) is 43.2 Å². The Labute approximate surface area is 201 Å². The Morgan fingerprint density at radius 1 is 1.03 bits per heavy atom. The van der Waals surface area contributed by atoms with Crippen molar-refractivity contribution in [2.24, 2.45) is 0 Å². The van der Waals surface area contributed by atoms with E-state index in [-0.39, 0.29) is 11.3 Å². The fourth-order valence-corrected chi connectivity index (χ4v) is 4.04. The summed E-state index contributed by atoms with van der Waals surface area (Å²) in [6, 6.07) is 13.6. The lowest BCUT2D eigenvalue weighted by atomic mass is 9.95. The minimum Gasteiger partial charge on any atom is -0.507 e. The van der Waals surface area contributed by atoms with E-state index in [1.54, 1.807) is 29.2 Å². The Morgan fingerprint density at radius 2 is 1.76 bits per heavy atom. The van der Waals surface area contributed by atoms with Gasteiger partial charge in [0, 0.05) is 12.1 Å². The molecule has 1 N–H and O–H groups in total. The molecule has 3 rings (SSSR count). The molecule has 0 bridgehead atoms. The van der Waals surface area contributed by atoms with Crippen molar-refractivity contribution in [3.63, 3.8) is 0 Å². The number of ketones is 1. The van der Waals surface area contributed by atoms with Gasteiger partial charge in [0.25, 0.3) is 11.7 Å². The van der Waals surface area contributed by atoms with E-state index >= 15 is 0 Å². The Balaban J connectivity index is 2.05. The normalized spacial score (nSPS) is 17.4. The number of ether oxygens (including phenoxy) is 2. The number of likely N-dealkylation sites (tertiary alicyclic amines) is 1. The van der Waals surface area contributed by atoms with E-state index in [2.05, 4.69) is 0 Å². The van der Waals surface area contributed by atoms with Crippen molar-refractivity contribution < 1.29 is 24.2 Å². The van der Waals surface area contributed by atoms with Crippen LogP contribution in [0.2, 0.25) is 0 Å². The van der Waals surface area contributed by atoms with Crippen LogP contribution in [0.1, 0.15) is 43.9 Å². The summed E-state index contributed by atoms with van der Waals surface area (Å²) in [5.74, 6) is -0.140. The van der Waals surface area contributed by atoms with Crippen LogP contribution in [0.4, 0.5) is 0 Å². The molecule has 1 heterocycles. The largest absolute Gasteiger partial charge is 0.507 e. The van der Waals surface area contributed by atoms with Crippen LogP contribution in [0, 0.1) is 0 Å². The third kappa shape index (κ3) is 5.78. The third-order valence-corrected chi connectivity index (χ3v) is 5.63. The minimum atomic E-state index is -0.695. The number of amides is 1. The summed E-state index contributed by atoms with van der Waals surface area (Å²) in [4.78, 5) is 29.8. The molecule has 1 fully saturated rings. The third-order valence-electron chi connectivity index (χ3n) is 5.63. The molecule has 7 heteroatoms. The molecule has 34 heavy (non-hydrogen) atoms. The highest BCUT2D eigenvalue weighted by Crippen LogP contribution is 2.40. The zero-order valence-electron chi connectivity index (χ0n) is 20.4. The molecule has 1 unspecified atom stereocenters. The van der Waals surface area contributed by atoms with Crippen LogP contribution >= 0.6 is 0 Å². The number of benzene rings is 2. The smallest absolute Gasteiger partial charge is 0.295 e. The number of Topliss-reactive ketones (excluding diaryl/α,β-unsaturated/α-hetero) is 1. The quantitative estimate of drug-likeness (QED) is 0.303. The summed E-state index contributed by atoms with van der Waals surface area (Å²) in [5.41, 5.74) is 1.27. The number of rotatable bonds is 11. The molecular formula is C27H34N2O5. The van der Waals surface area contributed by atoms with E-state index in [4.69, 9.17) is 9.47 Å². The highest BCUT2D eigenvalue weighted by Gasteiger charge is 2.45. The van der Waals surface area contributed by atoms with Gasteiger partial charge in [0.05, 0.1) is 24.8 Å². The predicted molar refractivity (Wildman–Crippen MR) is 132 cm³/mol. The zero-order valence-corrected chi connectivity index (χ0v) is 20.4. The van der Waals surface area contributed by atoms with Gasteiger partial charge in [-0.2, -0.15) is 0 Å². The van der Waals surface area contributed by atoms with Crippen LogP contribution in [0.15, 0.2) is 54.1 Å². The topological polar surface area (TPSA) is 79.3 Å². The van der Waals surface area contributed by atoms with Crippen molar-refractivity contribution in [3.05, 3.63) is 65.2 Å². The SMILES string of the molecule is CCCOc1cccc(C2/C(=C(/O)c3ccc(OCC)cc3)C(=O)C(=O)N2CCCN(C)C)c1. The molecule has 0 saturated carbocycles. The molecule has 182 valence electrons. The Morgan fingerprint density at radius 3 is 2.41 bits per heavy atom. The van der Waals surface area contributed by atoms with Crippen molar-refractivity contribution in [2.75, 3.05) is 40.4 Å². The lowest BCUT2D eigenvalue weighted by Crippen LogP contribution is -2.32. The van der Waals surface area contributed by atoms with E-state index in [1.165, 1.54) is 0 Å². The average molecular weight is 467 g/mol. The maximum Gasteiger partial charge on any atom is 0.295 e. The van der Waals surface area contributed by atoms with Crippen LogP contribution in [0.5, 0.6) is 11.5 Å². The van der Waals surface area contributed by atoms with E-state index < -0.39 is 17.7 Å². The number of carbonyl (C=O) groups excluding carboxylic acids is 2. The second-order valence-corrected chi connectivity index (χ2v) is 8.53. The van der Waals surface area contributed by atoms with Gasteiger partial charge < -0.3 is 24.4 Å². The first kappa shape index (κ1) is 25.3. The molecule has 2 aromatic rings. The van der Waals surface area contributed by atoms with Gasteiger partial charge >= 0.3 is 0 Å². The Hall–Kier alpha value is -3.32. The predicted octanol–water partition coefficient (Wildman–Crippen LogP) is 4.25. The molecular weight excluding hydrogens is 432 g/mol. The lowest BCUT2D eigenvalue weighted by Gasteiger charge is -2.26. The zero-order chi connectivity index (χ0) is 24.7. The molecule has 1 atom stereocenters. The van der Waals surface area contributed by atoms with Gasteiger partial charge in [-0.05, 0) is 82.4 Å². The van der Waals surface area contributed by atoms with Crippen LogP contribution in [0.3, 0.4) is 0 Å². The highest BCUT2D eigenvalue weighted by molar-refractivity contribution is 6.46. The Kier molecular flexibility index (Phi) is 8.71. The number of hydrogen-bond acceptors (Lipinski definition) is 6. The van der Waals surface area contributed by atoms with Gasteiger partial charge in [-0.1, -0.05) is 19.1 Å². The van der Waals surface area contributed by atoms with E-state index in [0.717, 1.165) is 18.5 Å². The summed E-state index contributed by atoms with van der Waals surface area (Å²) in [6.07, 6.45) is 1.57. The molecule has 1 amide bonds. The first-order chi connectivity index (χ1) is 16.4. The molecule has 2 aromatic carbocycles. The standard InChI is InChI=1S/C27H34N2O5/c1-5-17-34-22-10-7-9-20(18-22)24-23(25(30)19-11-13-21(14-12-19)33-6-2)26(31)27(32)29(24)16-8-15-28(3)4/h7,9-14,18,24,30H,5-6,8,15-17H2,1-4H3/b25-23-. The second kappa shape index (κ2) is 11.7. The van der Waals surface area contributed by atoms with Gasteiger partial charge in [-0.3, -0.25) is 9.59 Å². The fraction of sp³-hybridized carbons (Fsp3) is 0.407. The summed E-state index contributed by atoms with van der Waals surface area (Å²) < 4.78 is 11.3. The summed E-state index contributed by atoms with van der Waals surface area (Å²) in [6.45, 7) is 6.19. The summed E-state index contributed by atoms with van der Waals surface area (Å²) in [5, 5.41) is 11.2. The highest BCUT2D eigenvalue weighted by atomic mass is 16.5. The number of aliphatic hydroxyl groups excluding tert-OH is 1. The number of carbonyl (C=O) groups is 2. The summed E-state index contributed by atoms with van der Waals surface area (Å²) >= 11 is 0. The monoisotopic (exact) mass is 466 g/mol. The maximum atomic E-state index is 13.2. The van der Waals surface area contributed by atoms with E-state index in [1.807, 2.05) is 57.1 Å². The molecule has 1 aliphatic heterocycles. The molecule has 0 spiro atoms. The summed E-state index contributed by atoms with van der Waals surface area (Å²) in [7, 11) is 3.93. The first-order valence-electron chi connectivity index (χ1n) is 11.8. The van der Waals surface area contributed by atoms with Crippen molar-refractivity contribution in [2.45, 2.75) is 32.7 Å². The van der Waals surface area contributed by atoms with Crippen molar-refractivity contribution in [1.82, 2.24) is 9.80 Å². The van der Waals surface area contributed by atoms with Crippen LogP contribution in [0.25, 0.3) is 5.76 Å². The second-order valence-electron chi connectivity index (χ2n) is 8.53. The number of aliphatic hydroxyl groups is 1. The van der Waals surface area contributed by atoms with Crippen LogP contribution < -0.4 is 9.47 Å². The number of nitrogens with zero attached hydrogens (tertiary/aromatic N) is 2. The van der Waals surface area contributed by atoms with Gasteiger partial charge in [0.1, 0.15) is 17.3 Å².